The number of anilines is 1. The molecule has 1 saturated carbocycles. The van der Waals surface area contributed by atoms with Crippen molar-refractivity contribution in [2.24, 2.45) is 0 Å². The van der Waals surface area contributed by atoms with Gasteiger partial charge in [-0.1, -0.05) is 18.6 Å². The molecule has 1 aromatic rings. The molecule has 80 valence electrons. The molecule has 1 aliphatic carbocycles. The van der Waals surface area contributed by atoms with E-state index < -0.39 is 0 Å². The molecule has 2 aliphatic rings. The lowest BCUT2D eigenvalue weighted by molar-refractivity contribution is 0.419. The van der Waals surface area contributed by atoms with Gasteiger partial charge in [0.05, 0.1) is 0 Å². The predicted octanol–water partition coefficient (Wildman–Crippen LogP) is 3.70. The zero-order valence-corrected chi connectivity index (χ0v) is 9.42. The van der Waals surface area contributed by atoms with E-state index in [1.165, 1.54) is 43.4 Å². The summed E-state index contributed by atoms with van der Waals surface area (Å²) in [6, 6.07) is 7.71. The fourth-order valence-corrected chi connectivity index (χ4v) is 2.67. The predicted molar refractivity (Wildman–Crippen MR) is 64.4 cm³/mol. The van der Waals surface area contributed by atoms with Crippen molar-refractivity contribution in [2.45, 2.75) is 51.0 Å². The van der Waals surface area contributed by atoms with Crippen LogP contribution in [0.3, 0.4) is 0 Å². The van der Waals surface area contributed by atoms with E-state index in [0.29, 0.717) is 6.04 Å². The first-order valence-electron chi connectivity index (χ1n) is 6.22. The standard InChI is InChI=1S/C14H19N/c1-10-5-6-13-9-12(11-3-2-4-11)7-8-14(13)15-10/h7-11,15H,2-6H2,1H3. The summed E-state index contributed by atoms with van der Waals surface area (Å²) in [7, 11) is 0. The van der Waals surface area contributed by atoms with Gasteiger partial charge in [0.25, 0.3) is 0 Å². The van der Waals surface area contributed by atoms with Crippen LogP contribution in [-0.2, 0) is 6.42 Å². The lowest BCUT2D eigenvalue weighted by Gasteiger charge is -2.29. The lowest BCUT2D eigenvalue weighted by atomic mass is 9.79. The Morgan fingerprint density at radius 1 is 1.20 bits per heavy atom. The van der Waals surface area contributed by atoms with Crippen LogP contribution in [0.1, 0.15) is 49.7 Å². The third-order valence-electron chi connectivity index (χ3n) is 3.95. The summed E-state index contributed by atoms with van der Waals surface area (Å²) in [6.45, 7) is 2.27. The fraction of sp³-hybridized carbons (Fsp3) is 0.571. The average Bonchev–Trinajstić information content (AvgIpc) is 2.15. The monoisotopic (exact) mass is 201 g/mol. The first kappa shape index (κ1) is 9.26. The molecule has 3 rings (SSSR count). The molecule has 0 bridgehead atoms. The van der Waals surface area contributed by atoms with Crippen LogP contribution < -0.4 is 5.32 Å². The van der Waals surface area contributed by atoms with Crippen LogP contribution in [0.25, 0.3) is 0 Å². The van der Waals surface area contributed by atoms with Crippen molar-refractivity contribution in [1.29, 1.82) is 0 Å². The van der Waals surface area contributed by atoms with Crippen molar-refractivity contribution in [3.8, 4) is 0 Å². The highest BCUT2D eigenvalue weighted by Crippen LogP contribution is 2.38. The summed E-state index contributed by atoms with van der Waals surface area (Å²) in [6.07, 6.45) is 6.77. The first-order valence-corrected chi connectivity index (χ1v) is 6.22. The maximum absolute atomic E-state index is 3.56. The van der Waals surface area contributed by atoms with E-state index in [2.05, 4.69) is 30.4 Å². The molecule has 15 heavy (non-hydrogen) atoms. The van der Waals surface area contributed by atoms with E-state index in [1.807, 2.05) is 0 Å². The van der Waals surface area contributed by atoms with E-state index in [1.54, 1.807) is 5.56 Å². The van der Waals surface area contributed by atoms with Crippen LogP contribution in [0.15, 0.2) is 18.2 Å². The summed E-state index contributed by atoms with van der Waals surface area (Å²) < 4.78 is 0. The van der Waals surface area contributed by atoms with Crippen LogP contribution in [0.2, 0.25) is 0 Å². The minimum Gasteiger partial charge on any atom is -0.382 e. The van der Waals surface area contributed by atoms with E-state index in [0.717, 1.165) is 5.92 Å². The highest BCUT2D eigenvalue weighted by Gasteiger charge is 2.21. The quantitative estimate of drug-likeness (QED) is 0.730. The molecule has 1 aliphatic heterocycles. The second kappa shape index (κ2) is 3.55. The molecule has 1 N–H and O–H groups in total. The van der Waals surface area contributed by atoms with Gasteiger partial charge < -0.3 is 5.32 Å². The Labute approximate surface area is 91.9 Å². The van der Waals surface area contributed by atoms with Gasteiger partial charge in [-0.05, 0) is 55.7 Å². The number of hydrogen-bond acceptors (Lipinski definition) is 1. The number of nitrogens with one attached hydrogen (secondary N) is 1. The highest BCUT2D eigenvalue weighted by atomic mass is 14.9. The van der Waals surface area contributed by atoms with E-state index >= 15 is 0 Å². The van der Waals surface area contributed by atoms with E-state index in [9.17, 15) is 0 Å². The maximum Gasteiger partial charge on any atom is 0.0374 e. The van der Waals surface area contributed by atoms with Gasteiger partial charge in [-0.15, -0.1) is 0 Å². The number of rotatable bonds is 1. The Balaban J connectivity index is 1.88. The molecular formula is C14H19N. The number of hydrogen-bond donors (Lipinski definition) is 1. The molecule has 0 spiro atoms. The SMILES string of the molecule is CC1CCc2cc(C3CCC3)ccc2N1. The van der Waals surface area contributed by atoms with Gasteiger partial charge >= 0.3 is 0 Å². The van der Waals surface area contributed by atoms with Crippen LogP contribution in [-0.4, -0.2) is 6.04 Å². The zero-order valence-electron chi connectivity index (χ0n) is 9.42. The van der Waals surface area contributed by atoms with Gasteiger partial charge in [-0.2, -0.15) is 0 Å². The van der Waals surface area contributed by atoms with Gasteiger partial charge in [0.15, 0.2) is 0 Å². The summed E-state index contributed by atoms with van der Waals surface area (Å²) in [5.41, 5.74) is 4.49. The first-order chi connectivity index (χ1) is 7.33. The topological polar surface area (TPSA) is 12.0 Å². The molecule has 1 nitrogen and oxygen atoms in total. The molecule has 1 heterocycles. The highest BCUT2D eigenvalue weighted by molar-refractivity contribution is 5.55. The van der Waals surface area contributed by atoms with Crippen molar-refractivity contribution in [2.75, 3.05) is 5.32 Å². The normalized spacial score (nSPS) is 25.3. The Hall–Kier alpha value is -0.980. The molecule has 0 aromatic heterocycles. The Bertz CT molecular complexity index is 366. The Morgan fingerprint density at radius 3 is 2.80 bits per heavy atom. The number of benzene rings is 1. The second-order valence-corrected chi connectivity index (χ2v) is 5.13. The van der Waals surface area contributed by atoms with Crippen LogP contribution in [0.5, 0.6) is 0 Å². The summed E-state index contributed by atoms with van der Waals surface area (Å²) in [4.78, 5) is 0. The zero-order chi connectivity index (χ0) is 10.3. The smallest absolute Gasteiger partial charge is 0.0374 e. The molecular weight excluding hydrogens is 182 g/mol. The average molecular weight is 201 g/mol. The minimum atomic E-state index is 0.645. The Kier molecular flexibility index (Phi) is 2.19. The van der Waals surface area contributed by atoms with E-state index in [-0.39, 0.29) is 0 Å². The summed E-state index contributed by atoms with van der Waals surface area (Å²) >= 11 is 0. The van der Waals surface area contributed by atoms with Gasteiger partial charge in [0, 0.05) is 11.7 Å². The van der Waals surface area contributed by atoms with Gasteiger partial charge in [0.1, 0.15) is 0 Å². The molecule has 0 amide bonds. The van der Waals surface area contributed by atoms with Crippen molar-refractivity contribution < 1.29 is 0 Å². The maximum atomic E-state index is 3.56. The lowest BCUT2D eigenvalue weighted by Crippen LogP contribution is -2.22. The third kappa shape index (κ3) is 1.64. The molecule has 1 fully saturated rings. The van der Waals surface area contributed by atoms with Gasteiger partial charge in [0.2, 0.25) is 0 Å². The van der Waals surface area contributed by atoms with Crippen molar-refractivity contribution in [1.82, 2.24) is 0 Å². The summed E-state index contributed by atoms with van der Waals surface area (Å²) in [5, 5.41) is 3.56. The van der Waals surface area contributed by atoms with Crippen LogP contribution >= 0.6 is 0 Å². The molecule has 0 radical (unpaired) electrons. The Morgan fingerprint density at radius 2 is 2.07 bits per heavy atom. The molecule has 0 saturated heterocycles. The number of fused-ring (bicyclic) bond motifs is 1. The van der Waals surface area contributed by atoms with Crippen molar-refractivity contribution in [3.63, 3.8) is 0 Å². The fourth-order valence-electron chi connectivity index (χ4n) is 2.67. The second-order valence-electron chi connectivity index (χ2n) is 5.13. The van der Waals surface area contributed by atoms with Crippen molar-refractivity contribution >= 4 is 5.69 Å². The largest absolute Gasteiger partial charge is 0.382 e. The van der Waals surface area contributed by atoms with Crippen molar-refractivity contribution in [3.05, 3.63) is 29.3 Å². The number of aryl methyl sites for hydroxylation is 1. The molecule has 1 unspecified atom stereocenters. The molecule has 1 aromatic carbocycles. The van der Waals surface area contributed by atoms with Gasteiger partial charge in [-0.25, -0.2) is 0 Å². The summed E-state index contributed by atoms with van der Waals surface area (Å²) in [5.74, 6) is 0.870. The van der Waals surface area contributed by atoms with Crippen LogP contribution in [0.4, 0.5) is 5.69 Å². The molecule has 1 heteroatoms. The third-order valence-corrected chi connectivity index (χ3v) is 3.95. The van der Waals surface area contributed by atoms with Gasteiger partial charge in [-0.3, -0.25) is 0 Å². The van der Waals surface area contributed by atoms with E-state index in [4.69, 9.17) is 0 Å². The van der Waals surface area contributed by atoms with Crippen LogP contribution in [0, 0.1) is 0 Å². The minimum absolute atomic E-state index is 0.645. The molecule has 1 atom stereocenters.